The van der Waals surface area contributed by atoms with Crippen LogP contribution in [0.25, 0.3) is 0 Å². The summed E-state index contributed by atoms with van der Waals surface area (Å²) in [6, 6.07) is 4.33. The molecule has 0 spiro atoms. The summed E-state index contributed by atoms with van der Waals surface area (Å²) in [7, 11) is 0. The Labute approximate surface area is 127 Å². The Balaban J connectivity index is 1.89. The molecule has 0 radical (unpaired) electrons. The summed E-state index contributed by atoms with van der Waals surface area (Å²) in [6.07, 6.45) is 3.39. The highest BCUT2D eigenvalue weighted by Crippen LogP contribution is 2.18. The number of nitrogens with one attached hydrogen (secondary N) is 1. The average molecular weight is 343 g/mol. The molecule has 2 rings (SSSR count). The Kier molecular flexibility index (Phi) is 5.54. The van der Waals surface area contributed by atoms with Gasteiger partial charge in [-0.05, 0) is 49.9 Å². The summed E-state index contributed by atoms with van der Waals surface area (Å²) in [5.74, 6) is -0.128. The van der Waals surface area contributed by atoms with Crippen molar-refractivity contribution in [3.05, 3.63) is 34.1 Å². The summed E-state index contributed by atoms with van der Waals surface area (Å²) in [5, 5.41) is 3.18. The van der Waals surface area contributed by atoms with Crippen molar-refractivity contribution in [2.45, 2.75) is 38.8 Å². The molecule has 3 nitrogen and oxygen atoms in total. The van der Waals surface area contributed by atoms with Gasteiger partial charge in [0.25, 0.3) is 0 Å². The number of benzene rings is 1. The van der Waals surface area contributed by atoms with E-state index >= 15 is 0 Å². The van der Waals surface area contributed by atoms with Crippen LogP contribution < -0.4 is 5.32 Å². The Morgan fingerprint density at radius 1 is 1.40 bits per heavy atom. The first-order chi connectivity index (χ1) is 9.58. The van der Waals surface area contributed by atoms with Gasteiger partial charge in [0, 0.05) is 24.1 Å². The quantitative estimate of drug-likeness (QED) is 0.911. The lowest BCUT2D eigenvalue weighted by atomic mass is 10.1. The number of amides is 1. The highest BCUT2D eigenvalue weighted by atomic mass is 79.9. The number of likely N-dealkylation sites (tertiary alicyclic amines) is 1. The number of rotatable bonds is 4. The molecule has 1 heterocycles. The van der Waals surface area contributed by atoms with Gasteiger partial charge in [-0.15, -0.1) is 0 Å². The molecular weight excluding hydrogens is 323 g/mol. The van der Waals surface area contributed by atoms with Crippen molar-refractivity contribution in [3.8, 4) is 0 Å². The zero-order chi connectivity index (χ0) is 14.5. The van der Waals surface area contributed by atoms with E-state index in [2.05, 4.69) is 21.2 Å². The van der Waals surface area contributed by atoms with Gasteiger partial charge >= 0.3 is 0 Å². The molecule has 1 atom stereocenters. The van der Waals surface area contributed by atoms with Crippen molar-refractivity contribution in [3.63, 3.8) is 0 Å². The molecule has 0 aromatic heterocycles. The molecule has 1 fully saturated rings. The fraction of sp³-hybridized carbons (Fsp3) is 0.533. The van der Waals surface area contributed by atoms with Crippen LogP contribution >= 0.6 is 15.9 Å². The van der Waals surface area contributed by atoms with Crippen molar-refractivity contribution in [2.24, 2.45) is 0 Å². The van der Waals surface area contributed by atoms with Gasteiger partial charge in [-0.3, -0.25) is 4.79 Å². The Hall–Kier alpha value is -0.940. The SMILES string of the molecule is CC(NCc1cc(F)ccc1Br)C(=O)N1CCCCC1. The molecule has 1 amide bonds. The van der Waals surface area contributed by atoms with Gasteiger partial charge < -0.3 is 10.2 Å². The third-order valence-corrected chi connectivity index (χ3v) is 4.42. The number of nitrogens with zero attached hydrogens (tertiary/aromatic N) is 1. The van der Waals surface area contributed by atoms with Crippen LogP contribution in [0.4, 0.5) is 4.39 Å². The zero-order valence-electron chi connectivity index (χ0n) is 11.7. The van der Waals surface area contributed by atoms with Gasteiger partial charge in [0.05, 0.1) is 6.04 Å². The van der Waals surface area contributed by atoms with Gasteiger partial charge in [0.2, 0.25) is 5.91 Å². The smallest absolute Gasteiger partial charge is 0.239 e. The lowest BCUT2D eigenvalue weighted by Gasteiger charge is -2.29. The van der Waals surface area contributed by atoms with E-state index in [-0.39, 0.29) is 17.8 Å². The molecule has 20 heavy (non-hydrogen) atoms. The van der Waals surface area contributed by atoms with E-state index in [1.54, 1.807) is 6.07 Å². The second-order valence-corrected chi connectivity index (χ2v) is 6.08. The van der Waals surface area contributed by atoms with Crippen molar-refractivity contribution < 1.29 is 9.18 Å². The highest BCUT2D eigenvalue weighted by Gasteiger charge is 2.21. The first kappa shape index (κ1) is 15.4. The molecule has 0 saturated carbocycles. The molecule has 1 aliphatic rings. The van der Waals surface area contributed by atoms with Crippen molar-refractivity contribution in [2.75, 3.05) is 13.1 Å². The van der Waals surface area contributed by atoms with E-state index in [4.69, 9.17) is 0 Å². The van der Waals surface area contributed by atoms with Crippen LogP contribution in [0, 0.1) is 5.82 Å². The third-order valence-electron chi connectivity index (χ3n) is 3.64. The van der Waals surface area contributed by atoms with E-state index in [1.165, 1.54) is 18.6 Å². The minimum atomic E-state index is -0.264. The third kappa shape index (κ3) is 4.03. The van der Waals surface area contributed by atoms with Gasteiger partial charge in [0.1, 0.15) is 5.82 Å². The van der Waals surface area contributed by atoms with Gasteiger partial charge in [-0.25, -0.2) is 4.39 Å². The lowest BCUT2D eigenvalue weighted by Crippen LogP contribution is -2.46. The van der Waals surface area contributed by atoms with Gasteiger partial charge in [0.15, 0.2) is 0 Å². The standard InChI is InChI=1S/C15H20BrFN2O/c1-11(15(20)19-7-3-2-4-8-19)18-10-12-9-13(17)5-6-14(12)16/h5-6,9,11,18H,2-4,7-8,10H2,1H3. The highest BCUT2D eigenvalue weighted by molar-refractivity contribution is 9.10. The fourth-order valence-electron chi connectivity index (χ4n) is 2.42. The second kappa shape index (κ2) is 7.18. The molecule has 1 N–H and O–H groups in total. The summed E-state index contributed by atoms with van der Waals surface area (Å²) in [5.41, 5.74) is 0.822. The number of halogens is 2. The summed E-state index contributed by atoms with van der Waals surface area (Å²) in [6.45, 7) is 4.05. The van der Waals surface area contributed by atoms with E-state index in [0.29, 0.717) is 6.54 Å². The molecule has 0 aliphatic carbocycles. The molecule has 1 aromatic carbocycles. The van der Waals surface area contributed by atoms with E-state index < -0.39 is 0 Å². The molecular formula is C15H20BrFN2O. The number of piperidine rings is 1. The normalized spacial score (nSPS) is 17.1. The minimum absolute atomic E-state index is 0.136. The molecule has 1 aromatic rings. The van der Waals surface area contributed by atoms with Crippen LogP contribution in [0.1, 0.15) is 31.7 Å². The van der Waals surface area contributed by atoms with Gasteiger partial charge in [-0.1, -0.05) is 15.9 Å². The van der Waals surface area contributed by atoms with Crippen LogP contribution in [0.3, 0.4) is 0 Å². The predicted molar refractivity (Wildman–Crippen MR) is 80.8 cm³/mol. The molecule has 1 unspecified atom stereocenters. The van der Waals surface area contributed by atoms with E-state index in [0.717, 1.165) is 36.0 Å². The Morgan fingerprint density at radius 3 is 2.80 bits per heavy atom. The Morgan fingerprint density at radius 2 is 2.10 bits per heavy atom. The summed E-state index contributed by atoms with van der Waals surface area (Å²) >= 11 is 3.39. The fourth-order valence-corrected chi connectivity index (χ4v) is 2.80. The minimum Gasteiger partial charge on any atom is -0.341 e. The summed E-state index contributed by atoms with van der Waals surface area (Å²) < 4.78 is 14.0. The number of carbonyl (C=O) groups excluding carboxylic acids is 1. The van der Waals surface area contributed by atoms with E-state index in [1.807, 2.05) is 11.8 Å². The zero-order valence-corrected chi connectivity index (χ0v) is 13.2. The van der Waals surface area contributed by atoms with Crippen LogP contribution in [-0.4, -0.2) is 29.9 Å². The molecule has 5 heteroatoms. The van der Waals surface area contributed by atoms with Crippen molar-refractivity contribution in [1.82, 2.24) is 10.2 Å². The predicted octanol–water partition coefficient (Wildman–Crippen LogP) is 3.08. The van der Waals surface area contributed by atoms with Crippen molar-refractivity contribution >= 4 is 21.8 Å². The maximum Gasteiger partial charge on any atom is 0.239 e. The second-order valence-electron chi connectivity index (χ2n) is 5.22. The maximum atomic E-state index is 13.2. The Bertz CT molecular complexity index is 475. The van der Waals surface area contributed by atoms with Crippen molar-refractivity contribution in [1.29, 1.82) is 0 Å². The maximum absolute atomic E-state index is 13.2. The molecule has 110 valence electrons. The monoisotopic (exact) mass is 342 g/mol. The topological polar surface area (TPSA) is 32.3 Å². The molecule has 0 bridgehead atoms. The van der Waals surface area contributed by atoms with Crippen LogP contribution in [-0.2, 0) is 11.3 Å². The molecule has 1 aliphatic heterocycles. The van der Waals surface area contributed by atoms with E-state index in [9.17, 15) is 9.18 Å². The number of hydrogen-bond acceptors (Lipinski definition) is 2. The lowest BCUT2D eigenvalue weighted by molar-refractivity contribution is -0.133. The largest absolute Gasteiger partial charge is 0.341 e. The first-order valence-electron chi connectivity index (χ1n) is 7.04. The van der Waals surface area contributed by atoms with Crippen LogP contribution in [0.15, 0.2) is 22.7 Å². The average Bonchev–Trinajstić information content (AvgIpc) is 2.48. The molecule has 1 saturated heterocycles. The van der Waals surface area contributed by atoms with Crippen LogP contribution in [0.2, 0.25) is 0 Å². The van der Waals surface area contributed by atoms with Gasteiger partial charge in [-0.2, -0.15) is 0 Å². The number of hydrogen-bond donors (Lipinski definition) is 1. The van der Waals surface area contributed by atoms with Crippen LogP contribution in [0.5, 0.6) is 0 Å². The number of carbonyl (C=O) groups is 1. The summed E-state index contributed by atoms with van der Waals surface area (Å²) in [4.78, 5) is 14.2. The first-order valence-corrected chi connectivity index (χ1v) is 7.83.